The molecule has 16 nitrogen and oxygen atoms in total. The summed E-state index contributed by atoms with van der Waals surface area (Å²) in [5, 5.41) is 22.2. The minimum atomic E-state index is -0.837. The van der Waals surface area contributed by atoms with Gasteiger partial charge < -0.3 is 76.5 Å². The second-order valence-electron chi connectivity index (χ2n) is 18.3. The largest absolute Gasteiger partial charge is 0.390 e. The number of ether oxygens (including phenoxy) is 14. The van der Waals surface area contributed by atoms with Gasteiger partial charge in [0.2, 0.25) is 0 Å². The van der Waals surface area contributed by atoms with Crippen molar-refractivity contribution in [2.45, 2.75) is 178 Å². The fourth-order valence-electron chi connectivity index (χ4n) is 9.88. The molecule has 22 atom stereocenters. The summed E-state index contributed by atoms with van der Waals surface area (Å²) in [6, 6.07) is 0. The Balaban J connectivity index is 1.42. The zero-order valence-electron chi connectivity index (χ0n) is 42.6. The van der Waals surface area contributed by atoms with Crippen molar-refractivity contribution in [2.75, 3.05) is 70.1 Å². The maximum atomic E-state index is 11.1. The summed E-state index contributed by atoms with van der Waals surface area (Å²) in [6.07, 6.45) is 5.65. The van der Waals surface area contributed by atoms with Crippen molar-refractivity contribution < 1.29 is 76.5 Å². The van der Waals surface area contributed by atoms with E-state index >= 15 is 0 Å². The van der Waals surface area contributed by atoms with Crippen LogP contribution in [0.3, 0.4) is 0 Å². The van der Waals surface area contributed by atoms with Crippen LogP contribution in [0.15, 0.2) is 47.6 Å². The molecule has 4 heterocycles. The quantitative estimate of drug-likeness (QED) is 0.0567. The monoisotopic (exact) mass is 943 g/mol. The average molecular weight is 943 g/mol. The predicted molar refractivity (Wildman–Crippen MR) is 248 cm³/mol. The van der Waals surface area contributed by atoms with Crippen LogP contribution in [0.5, 0.6) is 0 Å². The molecule has 0 aliphatic carbocycles. The molecule has 0 aromatic rings. The van der Waals surface area contributed by atoms with E-state index in [0.29, 0.717) is 0 Å². The van der Waals surface area contributed by atoms with Crippen molar-refractivity contribution in [2.24, 2.45) is 23.7 Å². The first-order valence-corrected chi connectivity index (χ1v) is 23.8. The topological polar surface area (TPSA) is 176 Å². The summed E-state index contributed by atoms with van der Waals surface area (Å²) in [5.74, 6) is 0.0393. The molecule has 382 valence electrons. The first-order valence-electron chi connectivity index (χ1n) is 23.8. The van der Waals surface area contributed by atoms with Crippen molar-refractivity contribution >= 4 is 0 Å². The predicted octanol–water partition coefficient (Wildman–Crippen LogP) is 5.22. The summed E-state index contributed by atoms with van der Waals surface area (Å²) >= 11 is 0. The highest BCUT2D eigenvalue weighted by Gasteiger charge is 2.53. The van der Waals surface area contributed by atoms with Gasteiger partial charge in [-0.25, -0.2) is 0 Å². The van der Waals surface area contributed by atoms with Gasteiger partial charge in [0.15, 0.2) is 12.6 Å². The molecule has 0 aromatic heterocycles. The van der Waals surface area contributed by atoms with E-state index < -0.39 is 73.6 Å². The highest BCUT2D eigenvalue weighted by Crippen LogP contribution is 2.39. The van der Waals surface area contributed by atoms with Crippen molar-refractivity contribution in [1.29, 1.82) is 0 Å². The van der Waals surface area contributed by atoms with Gasteiger partial charge in [-0.1, -0.05) is 78.0 Å². The van der Waals surface area contributed by atoms with Gasteiger partial charge in [0.25, 0.3) is 0 Å². The van der Waals surface area contributed by atoms with Crippen molar-refractivity contribution in [3.05, 3.63) is 47.6 Å². The van der Waals surface area contributed by atoms with Crippen LogP contribution in [-0.2, 0) is 66.3 Å². The SMILES string of the molecule is CC[C@H](OC)[C@@H](C)[C@H]1O[C@@H]1[C@H](O)[C@@H](C)/C=C/C=C(\C)[C@@H]1O[C@H](OC)[C@H](OC)[C@@H](OC)[C@H]1OCCO[C@H]1O[C@@H](/C(C)=C/C=C/[C@H](C)[C@@H](O)[C@H]2O[C@@H]2[C@H](C)[C@H](CC)OC)[C@@H](OC)[C@H](OC)[C@@H]1OC. The van der Waals surface area contributed by atoms with Gasteiger partial charge in [0, 0.05) is 80.6 Å². The normalized spacial score (nSPS) is 36.8. The highest BCUT2D eigenvalue weighted by molar-refractivity contribution is 5.21. The molecule has 0 saturated carbocycles. The molecule has 2 N–H and O–H groups in total. The van der Waals surface area contributed by atoms with Crippen LogP contribution < -0.4 is 0 Å². The van der Waals surface area contributed by atoms with E-state index in [1.165, 1.54) is 0 Å². The zero-order valence-corrected chi connectivity index (χ0v) is 42.6. The van der Waals surface area contributed by atoms with Crippen LogP contribution in [0.1, 0.15) is 68.2 Å². The fraction of sp³-hybridized carbons (Fsp3) is 0.840. The van der Waals surface area contributed by atoms with Gasteiger partial charge in [-0.15, -0.1) is 0 Å². The van der Waals surface area contributed by atoms with E-state index in [-0.39, 0.29) is 73.5 Å². The molecule has 66 heavy (non-hydrogen) atoms. The van der Waals surface area contributed by atoms with E-state index in [1.807, 2.05) is 64.2 Å². The number of allylic oxidation sites excluding steroid dienone is 4. The minimum Gasteiger partial charge on any atom is -0.390 e. The Morgan fingerprint density at radius 3 is 1.29 bits per heavy atom. The van der Waals surface area contributed by atoms with E-state index in [2.05, 4.69) is 27.7 Å². The molecule has 4 rings (SSSR count). The maximum absolute atomic E-state index is 11.1. The van der Waals surface area contributed by atoms with Crippen LogP contribution in [0, 0.1) is 23.7 Å². The van der Waals surface area contributed by atoms with Crippen molar-refractivity contribution in [3.8, 4) is 0 Å². The van der Waals surface area contributed by atoms with Gasteiger partial charge in [-0.3, -0.25) is 0 Å². The van der Waals surface area contributed by atoms with Gasteiger partial charge in [0.1, 0.15) is 61.0 Å². The Hall–Kier alpha value is -1.68. The summed E-state index contributed by atoms with van der Waals surface area (Å²) in [7, 11) is 13.0. The molecular formula is C50H86O16. The van der Waals surface area contributed by atoms with Gasteiger partial charge in [-0.05, 0) is 37.8 Å². The molecule has 0 radical (unpaired) electrons. The highest BCUT2D eigenvalue weighted by atomic mass is 16.7. The van der Waals surface area contributed by atoms with Gasteiger partial charge >= 0.3 is 0 Å². The number of hydrogen-bond donors (Lipinski definition) is 2. The zero-order chi connectivity index (χ0) is 48.8. The Morgan fingerprint density at radius 2 is 0.879 bits per heavy atom. The van der Waals surface area contributed by atoms with Crippen LogP contribution in [0.2, 0.25) is 0 Å². The van der Waals surface area contributed by atoms with Crippen LogP contribution >= 0.6 is 0 Å². The number of hydrogen-bond acceptors (Lipinski definition) is 16. The minimum absolute atomic E-state index is 0.0341. The van der Waals surface area contributed by atoms with Crippen LogP contribution in [0.25, 0.3) is 0 Å². The molecule has 0 aromatic carbocycles. The molecule has 16 heteroatoms. The third kappa shape index (κ3) is 14.0. The first-order chi connectivity index (χ1) is 31.7. The average Bonchev–Trinajstić information content (AvgIpc) is 4.27. The summed E-state index contributed by atoms with van der Waals surface area (Å²) in [4.78, 5) is 0. The standard InChI is InChI=1S/C50H86O16/c1-17-33(53-9)31(7)39-41(63-39)35(51)27(3)21-19-23-29(5)37-43(55-11)44(56-12)48(59-15)50(66-37)62-26-25-61-46-38(65-49(60-16)47(58-14)45(46)57-13)30(6)24-20-22-28(4)36(52)42-40(64-42)32(8)34(18-2)54-10/h19-24,27-28,31-52H,17-18,25-26H2,1-16H3/b21-19+,22-20+,29-23+,30-24+/t27-,28-,31+,32+,33-,34-,35+,36+,37-,38-,39+,40+,41+,42+,43+,44-,45-,46-,47+,48-,49-,50-/m0/s1. The Bertz CT molecular complexity index is 1520. The molecule has 4 aliphatic heterocycles. The summed E-state index contributed by atoms with van der Waals surface area (Å²) < 4.78 is 84.5. The van der Waals surface area contributed by atoms with Gasteiger partial charge in [0.05, 0.1) is 49.8 Å². The molecule has 0 amide bonds. The lowest BCUT2D eigenvalue weighted by Crippen LogP contribution is -2.61. The Kier molecular flexibility index (Phi) is 23.8. The fourth-order valence-corrected chi connectivity index (χ4v) is 9.88. The molecule has 4 fully saturated rings. The lowest BCUT2D eigenvalue weighted by molar-refractivity contribution is -0.311. The van der Waals surface area contributed by atoms with Crippen LogP contribution in [0.4, 0.5) is 0 Å². The molecule has 0 bridgehead atoms. The first kappa shape index (κ1) is 56.9. The van der Waals surface area contributed by atoms with E-state index in [0.717, 1.165) is 24.0 Å². The third-order valence-corrected chi connectivity index (χ3v) is 14.2. The molecule has 0 unspecified atom stereocenters. The Labute approximate surface area is 395 Å². The lowest BCUT2D eigenvalue weighted by Gasteiger charge is -2.46. The number of aliphatic hydroxyl groups is 2. The van der Waals surface area contributed by atoms with E-state index in [1.54, 1.807) is 56.9 Å². The Morgan fingerprint density at radius 1 is 0.485 bits per heavy atom. The number of rotatable bonds is 29. The summed E-state index contributed by atoms with van der Waals surface area (Å²) in [6.45, 7) is 16.5. The van der Waals surface area contributed by atoms with Crippen molar-refractivity contribution in [1.82, 2.24) is 0 Å². The maximum Gasteiger partial charge on any atom is 0.187 e. The third-order valence-electron chi connectivity index (χ3n) is 14.2. The van der Waals surface area contributed by atoms with E-state index in [9.17, 15) is 10.2 Å². The molecule has 4 saturated heterocycles. The van der Waals surface area contributed by atoms with Crippen LogP contribution in [-0.4, -0.2) is 191 Å². The van der Waals surface area contributed by atoms with E-state index in [4.69, 9.17) is 66.3 Å². The number of aliphatic hydroxyl groups excluding tert-OH is 2. The number of methoxy groups -OCH3 is 8. The molecule has 4 aliphatic rings. The second-order valence-corrected chi connectivity index (χ2v) is 18.3. The molecule has 0 spiro atoms. The molecular weight excluding hydrogens is 857 g/mol. The van der Waals surface area contributed by atoms with Crippen molar-refractivity contribution in [3.63, 3.8) is 0 Å². The summed E-state index contributed by atoms with van der Waals surface area (Å²) in [5.41, 5.74) is 1.73. The number of epoxide rings is 2. The smallest absolute Gasteiger partial charge is 0.187 e. The lowest BCUT2D eigenvalue weighted by atomic mass is 9.91. The second kappa shape index (κ2) is 27.6. The van der Waals surface area contributed by atoms with Gasteiger partial charge in [-0.2, -0.15) is 0 Å².